The van der Waals surface area contributed by atoms with E-state index in [1.54, 1.807) is 0 Å². The van der Waals surface area contributed by atoms with E-state index < -0.39 is 0 Å². The van der Waals surface area contributed by atoms with Gasteiger partial charge in [0.1, 0.15) is 11.6 Å². The van der Waals surface area contributed by atoms with Crippen LogP contribution in [0.5, 0.6) is 5.75 Å². The van der Waals surface area contributed by atoms with E-state index in [0.717, 1.165) is 19.3 Å². The fourth-order valence-corrected chi connectivity index (χ4v) is 2.76. The summed E-state index contributed by atoms with van der Waals surface area (Å²) in [7, 11) is 0. The van der Waals surface area contributed by atoms with Crippen LogP contribution in [-0.2, 0) is 4.79 Å². The Kier molecular flexibility index (Phi) is 4.95. The standard InChI is InChI=1S/C15H21FN2O2/c1-2-20-14-8-11(16)6-7-13(14)18-15(19)12-5-3-4-10(12)9-17/h6-8,10,12H,2-5,9,17H2,1H3,(H,18,19). The number of halogens is 1. The lowest BCUT2D eigenvalue weighted by Crippen LogP contribution is -2.29. The summed E-state index contributed by atoms with van der Waals surface area (Å²) in [5.41, 5.74) is 6.21. The van der Waals surface area contributed by atoms with Crippen molar-refractivity contribution in [2.24, 2.45) is 17.6 Å². The number of nitrogens with two attached hydrogens (primary N) is 1. The van der Waals surface area contributed by atoms with Crippen molar-refractivity contribution in [1.82, 2.24) is 0 Å². The predicted molar refractivity (Wildman–Crippen MR) is 76.1 cm³/mol. The molecule has 3 N–H and O–H groups in total. The molecule has 0 heterocycles. The number of carbonyl (C=O) groups excluding carboxylic acids is 1. The molecule has 0 aliphatic heterocycles. The Balaban J connectivity index is 2.11. The summed E-state index contributed by atoms with van der Waals surface area (Å²) in [6.45, 7) is 2.76. The summed E-state index contributed by atoms with van der Waals surface area (Å²) in [5, 5.41) is 2.84. The molecule has 0 aromatic heterocycles. The number of hydrogen-bond donors (Lipinski definition) is 2. The van der Waals surface area contributed by atoms with Gasteiger partial charge in [-0.05, 0) is 44.4 Å². The summed E-state index contributed by atoms with van der Waals surface area (Å²) in [6, 6.07) is 4.13. The van der Waals surface area contributed by atoms with Crippen molar-refractivity contribution < 1.29 is 13.9 Å². The first-order valence-corrected chi connectivity index (χ1v) is 7.09. The molecule has 1 aliphatic carbocycles. The molecule has 1 amide bonds. The highest BCUT2D eigenvalue weighted by Crippen LogP contribution is 2.33. The first-order chi connectivity index (χ1) is 9.65. The number of benzene rings is 1. The molecule has 2 unspecified atom stereocenters. The van der Waals surface area contributed by atoms with Gasteiger partial charge in [-0.3, -0.25) is 4.79 Å². The number of carbonyl (C=O) groups is 1. The Morgan fingerprint density at radius 1 is 1.50 bits per heavy atom. The quantitative estimate of drug-likeness (QED) is 0.871. The molecule has 5 heteroatoms. The molecule has 110 valence electrons. The Labute approximate surface area is 118 Å². The van der Waals surface area contributed by atoms with Crippen molar-refractivity contribution in [3.63, 3.8) is 0 Å². The van der Waals surface area contributed by atoms with Crippen molar-refractivity contribution in [2.45, 2.75) is 26.2 Å². The lowest BCUT2D eigenvalue weighted by atomic mass is 9.95. The molecule has 0 bridgehead atoms. The number of amides is 1. The van der Waals surface area contributed by atoms with Gasteiger partial charge in [0.05, 0.1) is 12.3 Å². The van der Waals surface area contributed by atoms with E-state index in [-0.39, 0.29) is 23.6 Å². The minimum absolute atomic E-state index is 0.0505. The van der Waals surface area contributed by atoms with Crippen molar-refractivity contribution in [3.05, 3.63) is 24.0 Å². The van der Waals surface area contributed by atoms with Crippen molar-refractivity contribution in [3.8, 4) is 5.75 Å². The van der Waals surface area contributed by atoms with Crippen LogP contribution in [0.4, 0.5) is 10.1 Å². The zero-order valence-electron chi connectivity index (χ0n) is 11.7. The van der Waals surface area contributed by atoms with Gasteiger partial charge in [0.2, 0.25) is 5.91 Å². The molecule has 1 fully saturated rings. The molecular weight excluding hydrogens is 259 g/mol. The topological polar surface area (TPSA) is 64.3 Å². The van der Waals surface area contributed by atoms with Crippen LogP contribution >= 0.6 is 0 Å². The van der Waals surface area contributed by atoms with Gasteiger partial charge < -0.3 is 15.8 Å². The second kappa shape index (κ2) is 6.70. The van der Waals surface area contributed by atoms with Crippen LogP contribution in [0.2, 0.25) is 0 Å². The minimum atomic E-state index is -0.382. The molecule has 2 atom stereocenters. The maximum Gasteiger partial charge on any atom is 0.227 e. The lowest BCUT2D eigenvalue weighted by molar-refractivity contribution is -0.120. The molecule has 1 aromatic carbocycles. The molecule has 0 spiro atoms. The zero-order valence-corrected chi connectivity index (χ0v) is 11.7. The van der Waals surface area contributed by atoms with E-state index in [1.807, 2.05) is 6.92 Å². The Hall–Kier alpha value is -1.62. The van der Waals surface area contributed by atoms with Gasteiger partial charge in [-0.1, -0.05) is 6.42 Å². The average molecular weight is 280 g/mol. The first-order valence-electron chi connectivity index (χ1n) is 7.09. The fraction of sp³-hybridized carbons (Fsp3) is 0.533. The summed E-state index contributed by atoms with van der Waals surface area (Å²) in [6.07, 6.45) is 2.89. The van der Waals surface area contributed by atoms with E-state index in [4.69, 9.17) is 10.5 Å². The van der Waals surface area contributed by atoms with Gasteiger partial charge in [0, 0.05) is 12.0 Å². The van der Waals surface area contributed by atoms with Gasteiger partial charge in [0.25, 0.3) is 0 Å². The maximum atomic E-state index is 13.2. The van der Waals surface area contributed by atoms with Gasteiger partial charge in [-0.2, -0.15) is 0 Å². The second-order valence-corrected chi connectivity index (χ2v) is 5.10. The smallest absolute Gasteiger partial charge is 0.227 e. The summed E-state index contributed by atoms with van der Waals surface area (Å²) >= 11 is 0. The number of anilines is 1. The number of nitrogens with one attached hydrogen (secondary N) is 1. The number of hydrogen-bond acceptors (Lipinski definition) is 3. The van der Waals surface area contributed by atoms with Crippen molar-refractivity contribution >= 4 is 11.6 Å². The van der Waals surface area contributed by atoms with Crippen LogP contribution in [0.25, 0.3) is 0 Å². The van der Waals surface area contributed by atoms with Crippen LogP contribution in [0, 0.1) is 17.7 Å². The van der Waals surface area contributed by atoms with E-state index >= 15 is 0 Å². The normalized spacial score (nSPS) is 21.8. The van der Waals surface area contributed by atoms with E-state index in [9.17, 15) is 9.18 Å². The highest BCUT2D eigenvalue weighted by atomic mass is 19.1. The molecule has 1 aromatic rings. The SMILES string of the molecule is CCOc1cc(F)ccc1NC(=O)C1CCCC1CN. The molecule has 1 saturated carbocycles. The maximum absolute atomic E-state index is 13.2. The van der Waals surface area contributed by atoms with Crippen LogP contribution in [-0.4, -0.2) is 19.1 Å². The van der Waals surface area contributed by atoms with E-state index in [0.29, 0.717) is 24.6 Å². The summed E-state index contributed by atoms with van der Waals surface area (Å²) < 4.78 is 18.6. The highest BCUT2D eigenvalue weighted by molar-refractivity contribution is 5.94. The van der Waals surface area contributed by atoms with Crippen LogP contribution in [0.1, 0.15) is 26.2 Å². The highest BCUT2D eigenvalue weighted by Gasteiger charge is 2.32. The molecule has 20 heavy (non-hydrogen) atoms. The average Bonchev–Trinajstić information content (AvgIpc) is 2.90. The van der Waals surface area contributed by atoms with Crippen LogP contribution < -0.4 is 15.8 Å². The fourth-order valence-electron chi connectivity index (χ4n) is 2.76. The van der Waals surface area contributed by atoms with Gasteiger partial charge in [0.15, 0.2) is 0 Å². The zero-order chi connectivity index (χ0) is 14.5. The van der Waals surface area contributed by atoms with Crippen molar-refractivity contribution in [2.75, 3.05) is 18.5 Å². The Morgan fingerprint density at radius 3 is 3.00 bits per heavy atom. The molecular formula is C15H21FN2O2. The second-order valence-electron chi connectivity index (χ2n) is 5.10. The molecule has 4 nitrogen and oxygen atoms in total. The van der Waals surface area contributed by atoms with Crippen molar-refractivity contribution in [1.29, 1.82) is 0 Å². The summed E-state index contributed by atoms with van der Waals surface area (Å²) in [5.74, 6) is 0.117. The largest absolute Gasteiger partial charge is 0.492 e. The monoisotopic (exact) mass is 280 g/mol. The van der Waals surface area contributed by atoms with E-state index in [1.165, 1.54) is 18.2 Å². The third-order valence-corrected chi connectivity index (χ3v) is 3.80. The van der Waals surface area contributed by atoms with Gasteiger partial charge >= 0.3 is 0 Å². The van der Waals surface area contributed by atoms with Crippen LogP contribution in [0.15, 0.2) is 18.2 Å². The molecule has 2 rings (SSSR count). The van der Waals surface area contributed by atoms with Crippen LogP contribution in [0.3, 0.4) is 0 Å². The van der Waals surface area contributed by atoms with E-state index in [2.05, 4.69) is 5.32 Å². The minimum Gasteiger partial charge on any atom is -0.492 e. The number of ether oxygens (including phenoxy) is 1. The predicted octanol–water partition coefficient (Wildman–Crippen LogP) is 2.54. The first kappa shape index (κ1) is 14.8. The summed E-state index contributed by atoms with van der Waals surface area (Å²) in [4.78, 5) is 12.3. The third-order valence-electron chi connectivity index (χ3n) is 3.80. The molecule has 0 saturated heterocycles. The van der Waals surface area contributed by atoms with Gasteiger partial charge in [-0.25, -0.2) is 4.39 Å². The Bertz CT molecular complexity index is 479. The number of rotatable bonds is 5. The third kappa shape index (κ3) is 3.28. The lowest BCUT2D eigenvalue weighted by Gasteiger charge is -2.18. The molecule has 0 radical (unpaired) electrons. The Morgan fingerprint density at radius 2 is 2.30 bits per heavy atom. The van der Waals surface area contributed by atoms with Gasteiger partial charge in [-0.15, -0.1) is 0 Å². The molecule has 1 aliphatic rings.